The molecule has 0 radical (unpaired) electrons. The molecule has 4 rings (SSSR count). The summed E-state index contributed by atoms with van der Waals surface area (Å²) in [6, 6.07) is 12.9. The number of methoxy groups -OCH3 is 2. The normalized spacial score (nSPS) is 19.3. The average molecular weight is 554 g/mol. The number of amidine groups is 1. The SMILES string of the molecule is COC(=O)C1=C(C)N=C(C)N(CCCCN2CCC(C(=O)OC)(c3ccccc3)CC2)C1c1ccc(F)c(F)c1. The summed E-state index contributed by atoms with van der Waals surface area (Å²) < 4.78 is 38.2. The molecule has 214 valence electrons. The summed E-state index contributed by atoms with van der Waals surface area (Å²) in [5.41, 5.74) is 1.64. The van der Waals surface area contributed by atoms with E-state index in [1.165, 1.54) is 20.3 Å². The van der Waals surface area contributed by atoms with Gasteiger partial charge in [0, 0.05) is 6.54 Å². The Hall–Kier alpha value is -3.59. The molecule has 7 nitrogen and oxygen atoms in total. The minimum atomic E-state index is -0.969. The average Bonchev–Trinajstić information content (AvgIpc) is 2.97. The van der Waals surface area contributed by atoms with Crippen LogP contribution in [0.25, 0.3) is 0 Å². The molecule has 1 fully saturated rings. The summed E-state index contributed by atoms with van der Waals surface area (Å²) in [4.78, 5) is 34.5. The molecule has 2 aliphatic rings. The minimum Gasteiger partial charge on any atom is -0.468 e. The number of unbranched alkanes of at least 4 members (excludes halogenated alkanes) is 1. The Bertz CT molecular complexity index is 1290. The molecule has 2 aromatic carbocycles. The Morgan fingerprint density at radius 1 is 0.950 bits per heavy atom. The van der Waals surface area contributed by atoms with Crippen LogP contribution in [0.4, 0.5) is 8.78 Å². The second-order valence-electron chi connectivity index (χ2n) is 10.4. The molecule has 0 spiro atoms. The van der Waals surface area contributed by atoms with Crippen LogP contribution in [-0.2, 0) is 24.5 Å². The first-order valence-electron chi connectivity index (χ1n) is 13.6. The van der Waals surface area contributed by atoms with Crippen LogP contribution in [0, 0.1) is 11.6 Å². The van der Waals surface area contributed by atoms with E-state index in [2.05, 4.69) is 9.89 Å². The van der Waals surface area contributed by atoms with Crippen molar-refractivity contribution in [3.63, 3.8) is 0 Å². The summed E-state index contributed by atoms with van der Waals surface area (Å²) >= 11 is 0. The Kier molecular flexibility index (Phi) is 9.35. The molecule has 2 aliphatic heterocycles. The number of benzene rings is 2. The Morgan fingerprint density at radius 3 is 2.25 bits per heavy atom. The van der Waals surface area contributed by atoms with Crippen molar-refractivity contribution in [1.29, 1.82) is 0 Å². The third kappa shape index (κ3) is 5.94. The van der Waals surface area contributed by atoms with Crippen molar-refractivity contribution in [2.24, 2.45) is 4.99 Å². The molecule has 1 saturated heterocycles. The van der Waals surface area contributed by atoms with Gasteiger partial charge in [-0.2, -0.15) is 0 Å². The summed E-state index contributed by atoms with van der Waals surface area (Å²) in [6.07, 6.45) is 3.04. The zero-order valence-corrected chi connectivity index (χ0v) is 23.6. The molecule has 1 atom stereocenters. The van der Waals surface area contributed by atoms with Crippen molar-refractivity contribution >= 4 is 17.8 Å². The van der Waals surface area contributed by atoms with Gasteiger partial charge in [-0.3, -0.25) is 4.79 Å². The van der Waals surface area contributed by atoms with E-state index in [1.54, 1.807) is 6.92 Å². The summed E-state index contributed by atoms with van der Waals surface area (Å²) in [7, 11) is 2.74. The van der Waals surface area contributed by atoms with E-state index in [1.807, 2.05) is 42.2 Å². The van der Waals surface area contributed by atoms with Gasteiger partial charge in [-0.15, -0.1) is 0 Å². The highest BCUT2D eigenvalue weighted by molar-refractivity contribution is 5.95. The zero-order valence-electron chi connectivity index (χ0n) is 23.6. The second kappa shape index (κ2) is 12.7. The van der Waals surface area contributed by atoms with Crippen molar-refractivity contribution in [3.05, 3.63) is 82.6 Å². The molecule has 0 saturated carbocycles. The zero-order chi connectivity index (χ0) is 28.9. The molecule has 2 heterocycles. The van der Waals surface area contributed by atoms with Crippen molar-refractivity contribution in [2.75, 3.05) is 40.4 Å². The van der Waals surface area contributed by atoms with Crippen LogP contribution in [0.15, 0.2) is 64.8 Å². The number of likely N-dealkylation sites (tertiary alicyclic amines) is 1. The van der Waals surface area contributed by atoms with Gasteiger partial charge in [-0.25, -0.2) is 18.6 Å². The second-order valence-corrected chi connectivity index (χ2v) is 10.4. The molecule has 0 aromatic heterocycles. The lowest BCUT2D eigenvalue weighted by Gasteiger charge is -2.40. The molecule has 40 heavy (non-hydrogen) atoms. The molecule has 2 aromatic rings. The summed E-state index contributed by atoms with van der Waals surface area (Å²) in [6.45, 7) is 6.55. The van der Waals surface area contributed by atoms with E-state index >= 15 is 0 Å². The lowest BCUT2D eigenvalue weighted by atomic mass is 9.72. The predicted octanol–water partition coefficient (Wildman–Crippen LogP) is 5.17. The highest BCUT2D eigenvalue weighted by Gasteiger charge is 2.43. The van der Waals surface area contributed by atoms with Gasteiger partial charge in [-0.1, -0.05) is 36.4 Å². The highest BCUT2D eigenvalue weighted by Crippen LogP contribution is 2.38. The van der Waals surface area contributed by atoms with Crippen molar-refractivity contribution < 1.29 is 27.8 Å². The summed E-state index contributed by atoms with van der Waals surface area (Å²) in [5, 5.41) is 0. The van der Waals surface area contributed by atoms with Gasteiger partial charge in [0.05, 0.1) is 36.9 Å². The van der Waals surface area contributed by atoms with Gasteiger partial charge in [0.25, 0.3) is 0 Å². The number of hydrogen-bond acceptors (Lipinski definition) is 7. The van der Waals surface area contributed by atoms with Crippen LogP contribution in [0.5, 0.6) is 0 Å². The first kappa shape index (κ1) is 29.4. The third-order valence-corrected chi connectivity index (χ3v) is 8.12. The van der Waals surface area contributed by atoms with Crippen LogP contribution in [0.1, 0.15) is 56.7 Å². The van der Waals surface area contributed by atoms with Gasteiger partial charge in [0.1, 0.15) is 5.84 Å². The third-order valence-electron chi connectivity index (χ3n) is 8.12. The fraction of sp³-hybridized carbons (Fsp3) is 0.452. The van der Waals surface area contributed by atoms with Crippen molar-refractivity contribution in [3.8, 4) is 0 Å². The van der Waals surface area contributed by atoms with Gasteiger partial charge in [0.15, 0.2) is 11.6 Å². The topological polar surface area (TPSA) is 71.4 Å². The smallest absolute Gasteiger partial charge is 0.338 e. The number of hydrogen-bond donors (Lipinski definition) is 0. The fourth-order valence-electron chi connectivity index (χ4n) is 5.94. The quantitative estimate of drug-likeness (QED) is 0.315. The maximum absolute atomic E-state index is 14.2. The maximum Gasteiger partial charge on any atom is 0.338 e. The molecule has 0 bridgehead atoms. The van der Waals surface area contributed by atoms with Crippen LogP contribution in [0.2, 0.25) is 0 Å². The molecule has 0 aliphatic carbocycles. The van der Waals surface area contributed by atoms with Gasteiger partial charge >= 0.3 is 11.9 Å². The number of nitrogens with zero attached hydrogens (tertiary/aromatic N) is 3. The lowest BCUT2D eigenvalue weighted by molar-refractivity contribution is -0.149. The number of halogens is 2. The van der Waals surface area contributed by atoms with E-state index in [-0.39, 0.29) is 5.97 Å². The Balaban J connectivity index is 1.42. The number of allylic oxidation sites excluding steroid dienone is 1. The van der Waals surface area contributed by atoms with E-state index in [9.17, 15) is 18.4 Å². The number of carbonyl (C=O) groups excluding carboxylic acids is 2. The van der Waals surface area contributed by atoms with E-state index in [0.717, 1.165) is 50.2 Å². The molecular weight excluding hydrogens is 516 g/mol. The molecule has 1 unspecified atom stereocenters. The lowest BCUT2D eigenvalue weighted by Crippen LogP contribution is -2.48. The molecule has 0 amide bonds. The van der Waals surface area contributed by atoms with E-state index < -0.39 is 29.1 Å². The first-order chi connectivity index (χ1) is 19.2. The van der Waals surface area contributed by atoms with E-state index in [0.29, 0.717) is 42.1 Å². The number of piperidine rings is 1. The fourth-order valence-corrected chi connectivity index (χ4v) is 5.94. The predicted molar refractivity (Wildman–Crippen MR) is 149 cm³/mol. The molecule has 9 heteroatoms. The minimum absolute atomic E-state index is 0.189. The van der Waals surface area contributed by atoms with Gasteiger partial charge in [0.2, 0.25) is 0 Å². The summed E-state index contributed by atoms with van der Waals surface area (Å²) in [5.74, 6) is -1.95. The highest BCUT2D eigenvalue weighted by atomic mass is 19.2. The monoisotopic (exact) mass is 553 g/mol. The largest absolute Gasteiger partial charge is 0.468 e. The number of ether oxygens (including phenoxy) is 2. The van der Waals surface area contributed by atoms with Crippen LogP contribution in [0.3, 0.4) is 0 Å². The van der Waals surface area contributed by atoms with Crippen LogP contribution in [-0.4, -0.2) is 68.0 Å². The molecular formula is C31H37F2N3O4. The Morgan fingerprint density at radius 2 is 1.62 bits per heavy atom. The van der Waals surface area contributed by atoms with Crippen molar-refractivity contribution in [2.45, 2.75) is 51.0 Å². The first-order valence-corrected chi connectivity index (χ1v) is 13.6. The van der Waals surface area contributed by atoms with E-state index in [4.69, 9.17) is 9.47 Å². The standard InChI is InChI=1S/C31H37F2N3O4/c1-21-27(29(37)39-3)28(23-12-13-25(32)26(33)20-23)36(22(2)34-21)17-9-8-16-35-18-14-31(15-19-35,30(38)40-4)24-10-6-5-7-11-24/h5-7,10-13,20,28H,8-9,14-19H2,1-4H3. The number of carbonyl (C=O) groups is 2. The Labute approximate surface area is 234 Å². The molecule has 0 N–H and O–H groups in total. The van der Waals surface area contributed by atoms with Crippen molar-refractivity contribution in [1.82, 2.24) is 9.80 Å². The van der Waals surface area contributed by atoms with Gasteiger partial charge < -0.3 is 19.3 Å². The van der Waals surface area contributed by atoms with Crippen LogP contribution >= 0.6 is 0 Å². The number of rotatable bonds is 9. The maximum atomic E-state index is 14.2. The number of aliphatic imine (C=N–C) groups is 1. The van der Waals surface area contributed by atoms with Crippen LogP contribution < -0.4 is 0 Å². The number of esters is 2. The van der Waals surface area contributed by atoms with Gasteiger partial charge in [-0.05, 0) is 82.4 Å².